The van der Waals surface area contributed by atoms with Gasteiger partial charge in [-0.2, -0.15) is 0 Å². The third kappa shape index (κ3) is 1.50. The first-order valence-corrected chi connectivity index (χ1v) is 4.97. The van der Waals surface area contributed by atoms with Crippen LogP contribution in [0.4, 0.5) is 0 Å². The molecule has 0 aliphatic heterocycles. The first kappa shape index (κ1) is 8.46. The number of hydrogen-bond donors (Lipinski definition) is 0. The topological polar surface area (TPSA) is 0 Å². The van der Waals surface area contributed by atoms with Gasteiger partial charge >= 0.3 is 78.3 Å². The van der Waals surface area contributed by atoms with Crippen LogP contribution < -0.4 is 0 Å². The average molecular weight is 212 g/mol. The minimum atomic E-state index is 0.728. The Labute approximate surface area is 78.2 Å². The van der Waals surface area contributed by atoms with Gasteiger partial charge in [0, 0.05) is 0 Å². The molecule has 0 spiro atoms. The van der Waals surface area contributed by atoms with E-state index in [2.05, 4.69) is 26.8 Å². The summed E-state index contributed by atoms with van der Waals surface area (Å²) in [6.45, 7) is 6.79. The van der Waals surface area contributed by atoms with Gasteiger partial charge in [-0.05, 0) is 0 Å². The van der Waals surface area contributed by atoms with Crippen molar-refractivity contribution in [3.63, 3.8) is 0 Å². The minimum absolute atomic E-state index is 0.728. The molecule has 10 heavy (non-hydrogen) atoms. The number of rotatable bonds is 1. The van der Waals surface area contributed by atoms with Crippen molar-refractivity contribution in [1.82, 2.24) is 0 Å². The van der Waals surface area contributed by atoms with Crippen molar-refractivity contribution in [1.29, 1.82) is 0 Å². The van der Waals surface area contributed by atoms with Crippen LogP contribution in [0.5, 0.6) is 0 Å². The van der Waals surface area contributed by atoms with Crippen molar-refractivity contribution in [2.24, 2.45) is 5.92 Å². The van der Waals surface area contributed by atoms with Crippen LogP contribution in [0, 0.1) is 5.92 Å². The molecule has 0 aromatic carbocycles. The summed E-state index contributed by atoms with van der Waals surface area (Å²) in [5.74, 6) is 0.728. The van der Waals surface area contributed by atoms with E-state index in [0.717, 1.165) is 5.92 Å². The molecule has 0 atom stereocenters. The molecule has 0 N–H and O–H groups in total. The van der Waals surface area contributed by atoms with Crippen LogP contribution in [0.3, 0.4) is 0 Å². The third-order valence-corrected chi connectivity index (χ3v) is 3.72. The third-order valence-electron chi connectivity index (χ3n) is 1.97. The van der Waals surface area contributed by atoms with Crippen molar-refractivity contribution in [3.8, 4) is 0 Å². The van der Waals surface area contributed by atoms with Gasteiger partial charge in [0.25, 0.3) is 0 Å². The van der Waals surface area contributed by atoms with E-state index in [4.69, 9.17) is 0 Å². The van der Waals surface area contributed by atoms with Crippen LogP contribution in [0.2, 0.25) is 0 Å². The standard InChI is InChI=1S/C9H13.Zr/c1-7(2)9-5-4-8(3)6-9;/h5,7H,4H2,1-3H3;. The van der Waals surface area contributed by atoms with Gasteiger partial charge in [0.05, 0.1) is 0 Å². The first-order chi connectivity index (χ1) is 4.63. The van der Waals surface area contributed by atoms with E-state index in [1.165, 1.54) is 6.42 Å². The van der Waals surface area contributed by atoms with Gasteiger partial charge in [-0.1, -0.05) is 0 Å². The molecule has 1 heteroatoms. The van der Waals surface area contributed by atoms with E-state index >= 15 is 0 Å². The van der Waals surface area contributed by atoms with Crippen LogP contribution in [0.1, 0.15) is 27.2 Å². The normalized spacial score (nSPS) is 18.5. The Bertz CT molecular complexity index is 197. The molecule has 1 rings (SSSR count). The Balaban J connectivity index is 2.83. The van der Waals surface area contributed by atoms with Crippen molar-refractivity contribution < 1.29 is 24.7 Å². The van der Waals surface area contributed by atoms with E-state index in [9.17, 15) is 0 Å². The molecule has 0 nitrogen and oxygen atoms in total. The maximum atomic E-state index is 2.38. The first-order valence-electron chi connectivity index (χ1n) is 3.74. The molecule has 0 unspecified atom stereocenters. The van der Waals surface area contributed by atoms with E-state index in [0.29, 0.717) is 0 Å². The molecule has 0 amide bonds. The average Bonchev–Trinajstić information content (AvgIpc) is 2.14. The molecule has 1 aliphatic rings. The van der Waals surface area contributed by atoms with E-state index in [1.54, 1.807) is 39.1 Å². The molecule has 0 heterocycles. The predicted octanol–water partition coefficient (Wildman–Crippen LogP) is 2.79. The molecule has 1 aliphatic carbocycles. The summed E-state index contributed by atoms with van der Waals surface area (Å²) < 4.78 is 1.61. The molecule has 0 saturated heterocycles. The fraction of sp³-hybridized carbons (Fsp3) is 0.556. The number of hydrogen-bond acceptors (Lipinski definition) is 0. The molecule has 53 valence electrons. The fourth-order valence-electron chi connectivity index (χ4n) is 1.24. The molecular weight excluding hydrogens is 199 g/mol. The Hall–Kier alpha value is 0.363. The summed E-state index contributed by atoms with van der Waals surface area (Å²) >= 11 is 1.58. The summed E-state index contributed by atoms with van der Waals surface area (Å²) in [6.07, 6.45) is 3.58. The van der Waals surface area contributed by atoms with Crippen molar-refractivity contribution in [2.75, 3.05) is 0 Å². The van der Waals surface area contributed by atoms with Crippen LogP contribution >= 0.6 is 0 Å². The van der Waals surface area contributed by atoms with Crippen LogP contribution in [0.15, 0.2) is 20.5 Å². The van der Waals surface area contributed by atoms with Gasteiger partial charge in [0.15, 0.2) is 0 Å². The number of allylic oxidation sites excluding steroid dienone is 4. The Kier molecular flexibility index (Phi) is 2.69. The van der Waals surface area contributed by atoms with Crippen LogP contribution in [0.25, 0.3) is 0 Å². The van der Waals surface area contributed by atoms with Gasteiger partial charge in [-0.25, -0.2) is 0 Å². The molecule has 0 aromatic rings. The van der Waals surface area contributed by atoms with E-state index in [1.807, 2.05) is 0 Å². The van der Waals surface area contributed by atoms with E-state index < -0.39 is 0 Å². The summed E-state index contributed by atoms with van der Waals surface area (Å²) in [5.41, 5.74) is 3.18. The van der Waals surface area contributed by atoms with Crippen molar-refractivity contribution >= 4 is 0 Å². The van der Waals surface area contributed by atoms with Gasteiger partial charge in [0.1, 0.15) is 0 Å². The SMILES string of the molecule is CC1=[C]([Zr])C(C(C)C)=CC1. The maximum absolute atomic E-state index is 2.38. The molecule has 0 radical (unpaired) electrons. The molecule has 0 saturated carbocycles. The van der Waals surface area contributed by atoms with Gasteiger partial charge in [-0.3, -0.25) is 0 Å². The summed E-state index contributed by atoms with van der Waals surface area (Å²) in [6, 6.07) is 0. The summed E-state index contributed by atoms with van der Waals surface area (Å²) in [5, 5.41) is 0. The Morgan fingerprint density at radius 3 is 2.30 bits per heavy atom. The second kappa shape index (κ2) is 3.17. The van der Waals surface area contributed by atoms with E-state index in [-0.39, 0.29) is 0 Å². The zero-order valence-electron chi connectivity index (χ0n) is 6.86. The monoisotopic (exact) mass is 211 g/mol. The zero-order valence-corrected chi connectivity index (χ0v) is 9.32. The van der Waals surface area contributed by atoms with Crippen molar-refractivity contribution in [2.45, 2.75) is 27.2 Å². The second-order valence-electron chi connectivity index (χ2n) is 3.17. The van der Waals surface area contributed by atoms with Gasteiger partial charge < -0.3 is 0 Å². The molecule has 0 aromatic heterocycles. The van der Waals surface area contributed by atoms with Crippen LogP contribution in [-0.4, -0.2) is 0 Å². The molecule has 0 fully saturated rings. The van der Waals surface area contributed by atoms with Crippen LogP contribution in [-0.2, 0) is 24.7 Å². The molecule has 0 bridgehead atoms. The Morgan fingerprint density at radius 1 is 1.50 bits per heavy atom. The summed E-state index contributed by atoms with van der Waals surface area (Å²) in [7, 11) is 0. The predicted molar refractivity (Wildman–Crippen MR) is 40.2 cm³/mol. The quantitative estimate of drug-likeness (QED) is 0.627. The Morgan fingerprint density at radius 2 is 2.10 bits per heavy atom. The molecular formula is C9H13Zr. The fourth-order valence-corrected chi connectivity index (χ4v) is 2.45. The van der Waals surface area contributed by atoms with Crippen molar-refractivity contribution in [3.05, 3.63) is 20.5 Å². The van der Waals surface area contributed by atoms with Gasteiger partial charge in [0.2, 0.25) is 0 Å². The van der Waals surface area contributed by atoms with Gasteiger partial charge in [-0.15, -0.1) is 0 Å². The zero-order chi connectivity index (χ0) is 7.72. The summed E-state index contributed by atoms with van der Waals surface area (Å²) in [4.78, 5) is 0. The second-order valence-corrected chi connectivity index (χ2v) is 4.40.